The van der Waals surface area contributed by atoms with E-state index >= 15 is 0 Å². The summed E-state index contributed by atoms with van der Waals surface area (Å²) in [5, 5.41) is 2.80. The molecule has 0 radical (unpaired) electrons. The SMILES string of the molecule is O=C(Nc1cccc2c1OCC2)C1CCN(C(=O)C(F)(F)F)CC1. The van der Waals surface area contributed by atoms with Gasteiger partial charge in [0.2, 0.25) is 5.91 Å². The molecular weight excluding hydrogens is 325 g/mol. The van der Waals surface area contributed by atoms with Gasteiger partial charge in [-0.25, -0.2) is 0 Å². The van der Waals surface area contributed by atoms with Crippen LogP contribution in [0.3, 0.4) is 0 Å². The number of amides is 2. The molecule has 0 aromatic heterocycles. The van der Waals surface area contributed by atoms with Crippen LogP contribution in [0.2, 0.25) is 0 Å². The molecule has 24 heavy (non-hydrogen) atoms. The van der Waals surface area contributed by atoms with Crippen LogP contribution in [0.25, 0.3) is 0 Å². The fourth-order valence-electron chi connectivity index (χ4n) is 3.07. The third kappa shape index (κ3) is 3.32. The molecule has 8 heteroatoms. The maximum Gasteiger partial charge on any atom is 0.471 e. The third-order valence-corrected chi connectivity index (χ3v) is 4.37. The first-order valence-corrected chi connectivity index (χ1v) is 7.78. The van der Waals surface area contributed by atoms with Crippen LogP contribution in [0.1, 0.15) is 18.4 Å². The van der Waals surface area contributed by atoms with Crippen molar-refractivity contribution in [3.63, 3.8) is 0 Å². The van der Waals surface area contributed by atoms with Crippen LogP contribution in [-0.4, -0.2) is 42.6 Å². The van der Waals surface area contributed by atoms with Gasteiger partial charge in [-0.3, -0.25) is 9.59 Å². The van der Waals surface area contributed by atoms with Crippen LogP contribution < -0.4 is 10.1 Å². The molecule has 1 N–H and O–H groups in total. The Hall–Kier alpha value is -2.25. The minimum Gasteiger partial charge on any atom is -0.491 e. The number of alkyl halides is 3. The second kappa shape index (κ2) is 6.33. The zero-order chi connectivity index (χ0) is 17.3. The molecule has 0 spiro atoms. The maximum absolute atomic E-state index is 12.4. The lowest BCUT2D eigenvalue weighted by molar-refractivity contribution is -0.186. The number of anilines is 1. The molecule has 1 fully saturated rings. The normalized spacial score (nSPS) is 18.0. The van der Waals surface area contributed by atoms with Crippen LogP contribution in [0.15, 0.2) is 18.2 Å². The van der Waals surface area contributed by atoms with E-state index in [0.29, 0.717) is 18.0 Å². The smallest absolute Gasteiger partial charge is 0.471 e. The largest absolute Gasteiger partial charge is 0.491 e. The number of nitrogens with one attached hydrogen (secondary N) is 1. The molecule has 2 heterocycles. The van der Waals surface area contributed by atoms with E-state index in [9.17, 15) is 22.8 Å². The Kier molecular flexibility index (Phi) is 4.38. The zero-order valence-electron chi connectivity index (χ0n) is 12.9. The zero-order valence-corrected chi connectivity index (χ0v) is 12.9. The first-order valence-electron chi connectivity index (χ1n) is 7.78. The first kappa shape index (κ1) is 16.6. The molecule has 0 atom stereocenters. The summed E-state index contributed by atoms with van der Waals surface area (Å²) in [6, 6.07) is 5.50. The van der Waals surface area contributed by atoms with Crippen molar-refractivity contribution in [1.82, 2.24) is 4.90 Å². The van der Waals surface area contributed by atoms with Crippen LogP contribution in [-0.2, 0) is 16.0 Å². The Balaban J connectivity index is 1.58. The van der Waals surface area contributed by atoms with E-state index in [1.165, 1.54) is 0 Å². The van der Waals surface area contributed by atoms with Gasteiger partial charge in [0.25, 0.3) is 0 Å². The van der Waals surface area contributed by atoms with Crippen molar-refractivity contribution in [3.8, 4) is 5.75 Å². The number of nitrogens with zero attached hydrogens (tertiary/aromatic N) is 1. The highest BCUT2D eigenvalue weighted by Gasteiger charge is 2.43. The number of carbonyl (C=O) groups is 2. The molecule has 2 amide bonds. The van der Waals surface area contributed by atoms with Gasteiger partial charge < -0.3 is 15.0 Å². The maximum atomic E-state index is 12.4. The molecule has 0 bridgehead atoms. The average Bonchev–Trinajstić information content (AvgIpc) is 3.03. The number of hydrogen-bond donors (Lipinski definition) is 1. The topological polar surface area (TPSA) is 58.6 Å². The number of fused-ring (bicyclic) bond motifs is 1. The highest BCUT2D eigenvalue weighted by molar-refractivity contribution is 5.94. The lowest BCUT2D eigenvalue weighted by atomic mass is 9.95. The van der Waals surface area contributed by atoms with Crippen LogP contribution >= 0.6 is 0 Å². The standard InChI is InChI=1S/C16H17F3N2O3/c17-16(18,19)15(23)21-7-4-11(5-8-21)14(22)20-12-3-1-2-10-6-9-24-13(10)12/h1-3,11H,4-9H2,(H,20,22). The molecule has 1 saturated heterocycles. The van der Waals surface area contributed by atoms with E-state index < -0.39 is 18.0 Å². The molecule has 130 valence electrons. The number of likely N-dealkylation sites (tertiary alicyclic amines) is 1. The van der Waals surface area contributed by atoms with Crippen molar-refractivity contribution in [2.75, 3.05) is 25.0 Å². The molecule has 0 aliphatic carbocycles. The van der Waals surface area contributed by atoms with E-state index in [1.54, 1.807) is 6.07 Å². The van der Waals surface area contributed by atoms with Gasteiger partial charge in [-0.15, -0.1) is 0 Å². The molecule has 1 aromatic rings. The van der Waals surface area contributed by atoms with Crippen molar-refractivity contribution < 1.29 is 27.5 Å². The Labute approximate surface area is 136 Å². The van der Waals surface area contributed by atoms with Crippen molar-refractivity contribution in [3.05, 3.63) is 23.8 Å². The number of hydrogen-bond acceptors (Lipinski definition) is 3. The summed E-state index contributed by atoms with van der Waals surface area (Å²) in [6.45, 7) is 0.430. The lowest BCUT2D eigenvalue weighted by Crippen LogP contribution is -2.46. The van der Waals surface area contributed by atoms with Crippen molar-refractivity contribution in [1.29, 1.82) is 0 Å². The fourth-order valence-corrected chi connectivity index (χ4v) is 3.07. The van der Waals surface area contributed by atoms with Crippen molar-refractivity contribution >= 4 is 17.5 Å². The number of carbonyl (C=O) groups excluding carboxylic acids is 2. The van der Waals surface area contributed by atoms with Crippen LogP contribution in [0.5, 0.6) is 5.75 Å². The monoisotopic (exact) mass is 342 g/mol. The summed E-state index contributed by atoms with van der Waals surface area (Å²) in [4.78, 5) is 24.3. The predicted molar refractivity (Wildman–Crippen MR) is 79.6 cm³/mol. The van der Waals surface area contributed by atoms with Gasteiger partial charge in [0, 0.05) is 25.4 Å². The Morgan fingerprint density at radius 2 is 1.92 bits per heavy atom. The van der Waals surface area contributed by atoms with Gasteiger partial charge in [0.15, 0.2) is 0 Å². The van der Waals surface area contributed by atoms with E-state index in [4.69, 9.17) is 4.74 Å². The van der Waals surface area contributed by atoms with Gasteiger partial charge >= 0.3 is 12.1 Å². The van der Waals surface area contributed by atoms with E-state index in [2.05, 4.69) is 5.32 Å². The second-order valence-corrected chi connectivity index (χ2v) is 5.95. The number of halogens is 3. The van der Waals surface area contributed by atoms with Crippen molar-refractivity contribution in [2.45, 2.75) is 25.4 Å². The van der Waals surface area contributed by atoms with Gasteiger partial charge in [0.1, 0.15) is 5.75 Å². The molecule has 2 aliphatic rings. The number of para-hydroxylation sites is 1. The highest BCUT2D eigenvalue weighted by Crippen LogP contribution is 2.34. The minimum atomic E-state index is -4.86. The fraction of sp³-hybridized carbons (Fsp3) is 0.500. The molecule has 0 saturated carbocycles. The van der Waals surface area contributed by atoms with E-state index in [1.807, 2.05) is 12.1 Å². The molecule has 5 nitrogen and oxygen atoms in total. The second-order valence-electron chi connectivity index (χ2n) is 5.95. The summed E-state index contributed by atoms with van der Waals surface area (Å²) in [5.41, 5.74) is 1.61. The summed E-state index contributed by atoms with van der Waals surface area (Å²) in [6.07, 6.45) is -3.65. The number of ether oxygens (including phenoxy) is 1. The summed E-state index contributed by atoms with van der Waals surface area (Å²) < 4.78 is 42.8. The van der Waals surface area contributed by atoms with Gasteiger partial charge in [-0.2, -0.15) is 13.2 Å². The number of piperidine rings is 1. The van der Waals surface area contributed by atoms with E-state index in [-0.39, 0.29) is 31.8 Å². The highest BCUT2D eigenvalue weighted by atomic mass is 19.4. The summed E-state index contributed by atoms with van der Waals surface area (Å²) in [5.74, 6) is -1.84. The van der Waals surface area contributed by atoms with Crippen LogP contribution in [0, 0.1) is 5.92 Å². The number of rotatable bonds is 2. The van der Waals surface area contributed by atoms with Gasteiger partial charge in [-0.05, 0) is 24.5 Å². The summed E-state index contributed by atoms with van der Waals surface area (Å²) in [7, 11) is 0. The van der Waals surface area contributed by atoms with Crippen LogP contribution in [0.4, 0.5) is 18.9 Å². The Morgan fingerprint density at radius 3 is 2.58 bits per heavy atom. The molecular formula is C16H17F3N2O3. The van der Waals surface area contributed by atoms with Gasteiger partial charge in [0.05, 0.1) is 12.3 Å². The summed E-state index contributed by atoms with van der Waals surface area (Å²) >= 11 is 0. The van der Waals surface area contributed by atoms with Gasteiger partial charge in [-0.1, -0.05) is 12.1 Å². The molecule has 1 aromatic carbocycles. The Bertz CT molecular complexity index is 652. The average molecular weight is 342 g/mol. The Morgan fingerprint density at radius 1 is 1.21 bits per heavy atom. The van der Waals surface area contributed by atoms with Crippen molar-refractivity contribution in [2.24, 2.45) is 5.92 Å². The lowest BCUT2D eigenvalue weighted by Gasteiger charge is -2.31. The minimum absolute atomic E-state index is 0.0696. The number of benzene rings is 1. The third-order valence-electron chi connectivity index (χ3n) is 4.37. The predicted octanol–water partition coefficient (Wildman–Crippen LogP) is 2.36. The first-order chi connectivity index (χ1) is 11.4. The van der Waals surface area contributed by atoms with E-state index in [0.717, 1.165) is 16.9 Å². The molecule has 3 rings (SSSR count). The molecule has 0 unspecified atom stereocenters. The molecule has 2 aliphatic heterocycles. The quantitative estimate of drug-likeness (QED) is 0.898.